The lowest BCUT2D eigenvalue weighted by Crippen LogP contribution is -2.42. The molecule has 0 saturated heterocycles. The Hall–Kier alpha value is -2.34. The van der Waals surface area contributed by atoms with Gasteiger partial charge in [-0.2, -0.15) is 0 Å². The molecule has 0 spiro atoms. The summed E-state index contributed by atoms with van der Waals surface area (Å²) in [6.45, 7) is 5.65. The number of ether oxygens (including phenoxy) is 2. The molecule has 0 fully saturated rings. The van der Waals surface area contributed by atoms with Gasteiger partial charge in [0.2, 0.25) is 0 Å². The number of hydrogen-bond donors (Lipinski definition) is 0. The van der Waals surface area contributed by atoms with Gasteiger partial charge in [-0.3, -0.25) is 4.79 Å². The van der Waals surface area contributed by atoms with Crippen molar-refractivity contribution in [3.8, 4) is 5.75 Å². The van der Waals surface area contributed by atoms with Crippen molar-refractivity contribution >= 4 is 23.2 Å². The van der Waals surface area contributed by atoms with Crippen molar-refractivity contribution < 1.29 is 19.1 Å². The maximum absolute atomic E-state index is 12.6. The van der Waals surface area contributed by atoms with Crippen molar-refractivity contribution in [2.45, 2.75) is 45.8 Å². The molecule has 3 rings (SSSR count). The number of carbonyl (C=O) groups is 2. The van der Waals surface area contributed by atoms with Gasteiger partial charge >= 0.3 is 5.97 Å². The minimum Gasteiger partial charge on any atom is -0.494 e. The topological polar surface area (TPSA) is 55.8 Å². The van der Waals surface area contributed by atoms with Crippen LogP contribution in [0.1, 0.15) is 47.5 Å². The van der Waals surface area contributed by atoms with Crippen LogP contribution in [-0.4, -0.2) is 36.0 Å². The first-order valence-corrected chi connectivity index (χ1v) is 10.2. The van der Waals surface area contributed by atoms with Crippen molar-refractivity contribution in [3.05, 3.63) is 51.7 Å². The van der Waals surface area contributed by atoms with Crippen molar-refractivity contribution in [2.24, 2.45) is 0 Å². The quantitative estimate of drug-likeness (QED) is 0.531. The molecule has 27 heavy (non-hydrogen) atoms. The molecule has 5 nitrogen and oxygen atoms in total. The highest BCUT2D eigenvalue weighted by Gasteiger charge is 2.27. The molecule has 6 heteroatoms. The zero-order valence-corrected chi connectivity index (χ0v) is 16.6. The molecule has 2 aromatic rings. The summed E-state index contributed by atoms with van der Waals surface area (Å²) in [5, 5.41) is 2.05. The van der Waals surface area contributed by atoms with E-state index in [-0.39, 0.29) is 5.91 Å². The van der Waals surface area contributed by atoms with Crippen LogP contribution in [0, 0.1) is 0 Å². The van der Waals surface area contributed by atoms with Gasteiger partial charge in [-0.05, 0) is 61.0 Å². The monoisotopic (exact) mass is 387 g/mol. The second-order valence-corrected chi connectivity index (χ2v) is 7.65. The molecule has 144 valence electrons. The number of fused-ring (bicyclic) bond motifs is 1. The number of esters is 1. The number of nitrogens with zero attached hydrogens (tertiary/aromatic N) is 1. The first kappa shape index (κ1) is 19.4. The first-order valence-electron chi connectivity index (χ1n) is 9.36. The van der Waals surface area contributed by atoms with Crippen LogP contribution in [0.4, 0.5) is 0 Å². The highest BCUT2D eigenvalue weighted by molar-refractivity contribution is 7.10. The van der Waals surface area contributed by atoms with Crippen molar-refractivity contribution in [1.82, 2.24) is 4.90 Å². The van der Waals surface area contributed by atoms with Gasteiger partial charge in [-0.25, -0.2) is 4.79 Å². The van der Waals surface area contributed by atoms with Crippen molar-refractivity contribution in [1.29, 1.82) is 0 Å². The fraction of sp³-hybridized carbons (Fsp3) is 0.429. The molecule has 0 aliphatic carbocycles. The smallest absolute Gasteiger partial charge is 0.338 e. The Balaban J connectivity index is 1.53. The molecule has 0 saturated carbocycles. The molecular formula is C21H25NO4S. The summed E-state index contributed by atoms with van der Waals surface area (Å²) >= 11 is 1.73. The third kappa shape index (κ3) is 4.89. The Kier molecular flexibility index (Phi) is 6.50. The summed E-state index contributed by atoms with van der Waals surface area (Å²) < 4.78 is 11.0. The highest BCUT2D eigenvalue weighted by Crippen LogP contribution is 2.24. The van der Waals surface area contributed by atoms with Gasteiger partial charge in [0, 0.05) is 18.0 Å². The van der Waals surface area contributed by atoms with Gasteiger partial charge in [-0.15, -0.1) is 11.3 Å². The SMILES string of the molecule is CCCCOc1ccc(C(=O)OC(C)C(=O)N2CCc3sccc3C2)cc1. The molecule has 1 aliphatic heterocycles. The van der Waals surface area contributed by atoms with Crippen LogP contribution in [0.15, 0.2) is 35.7 Å². The van der Waals surface area contributed by atoms with E-state index in [1.54, 1.807) is 47.4 Å². The molecule has 0 bridgehead atoms. The average molecular weight is 388 g/mol. The summed E-state index contributed by atoms with van der Waals surface area (Å²) in [6, 6.07) is 8.89. The van der Waals surface area contributed by atoms with E-state index in [0.717, 1.165) is 25.0 Å². The van der Waals surface area contributed by atoms with Gasteiger partial charge in [0.05, 0.1) is 12.2 Å². The molecule has 1 amide bonds. The normalized spacial score (nSPS) is 14.4. The van der Waals surface area contributed by atoms with Gasteiger partial charge in [0.1, 0.15) is 5.75 Å². The summed E-state index contributed by atoms with van der Waals surface area (Å²) in [5.41, 5.74) is 1.60. The third-order valence-corrected chi connectivity index (χ3v) is 5.63. The number of amides is 1. The lowest BCUT2D eigenvalue weighted by Gasteiger charge is -2.29. The molecule has 0 radical (unpaired) electrons. The van der Waals surface area contributed by atoms with E-state index in [2.05, 4.69) is 18.4 Å². The molecular weight excluding hydrogens is 362 g/mol. The number of thiophene rings is 1. The van der Waals surface area contributed by atoms with E-state index in [4.69, 9.17) is 9.47 Å². The molecule has 1 atom stereocenters. The third-order valence-electron chi connectivity index (χ3n) is 4.61. The molecule has 1 aliphatic rings. The van der Waals surface area contributed by atoms with Crippen LogP contribution in [0.3, 0.4) is 0 Å². The Morgan fingerprint density at radius 2 is 2.00 bits per heavy atom. The fourth-order valence-corrected chi connectivity index (χ4v) is 3.88. The largest absolute Gasteiger partial charge is 0.494 e. The van der Waals surface area contributed by atoms with E-state index in [1.807, 2.05) is 0 Å². The van der Waals surface area contributed by atoms with Crippen LogP contribution in [-0.2, 0) is 22.5 Å². The Morgan fingerprint density at radius 1 is 1.22 bits per heavy atom. The maximum atomic E-state index is 12.6. The fourth-order valence-electron chi connectivity index (χ4n) is 2.99. The number of carbonyl (C=O) groups excluding carboxylic acids is 2. The van der Waals surface area contributed by atoms with E-state index in [1.165, 1.54) is 10.4 Å². The van der Waals surface area contributed by atoms with E-state index in [9.17, 15) is 9.59 Å². The summed E-state index contributed by atoms with van der Waals surface area (Å²) in [5.74, 6) is 0.0768. The van der Waals surface area contributed by atoms with Gasteiger partial charge < -0.3 is 14.4 Å². The van der Waals surface area contributed by atoms with Crippen molar-refractivity contribution in [2.75, 3.05) is 13.2 Å². The van der Waals surface area contributed by atoms with Gasteiger partial charge in [-0.1, -0.05) is 13.3 Å². The van der Waals surface area contributed by atoms with Crippen LogP contribution in [0.2, 0.25) is 0 Å². The number of benzene rings is 1. The van der Waals surface area contributed by atoms with E-state index in [0.29, 0.717) is 25.3 Å². The molecule has 2 heterocycles. The Morgan fingerprint density at radius 3 is 2.74 bits per heavy atom. The molecule has 1 unspecified atom stereocenters. The van der Waals surface area contributed by atoms with Crippen LogP contribution < -0.4 is 4.74 Å². The minimum absolute atomic E-state index is 0.153. The standard InChI is InChI=1S/C21H25NO4S/c1-3-4-12-25-18-7-5-16(6-8-18)21(24)26-15(2)20(23)22-11-9-19-17(14-22)10-13-27-19/h5-8,10,13,15H,3-4,9,11-12,14H2,1-2H3. The predicted molar refractivity (Wildman–Crippen MR) is 105 cm³/mol. The predicted octanol–water partition coefficient (Wildman–Crippen LogP) is 4.06. The highest BCUT2D eigenvalue weighted by atomic mass is 32.1. The summed E-state index contributed by atoms with van der Waals surface area (Å²) in [7, 11) is 0. The average Bonchev–Trinajstić information content (AvgIpc) is 3.15. The second kappa shape index (κ2) is 9.04. The zero-order chi connectivity index (χ0) is 19.2. The van der Waals surface area contributed by atoms with Gasteiger partial charge in [0.25, 0.3) is 5.91 Å². The van der Waals surface area contributed by atoms with Crippen LogP contribution in [0.5, 0.6) is 5.75 Å². The molecule has 0 N–H and O–H groups in total. The van der Waals surface area contributed by atoms with E-state index < -0.39 is 12.1 Å². The maximum Gasteiger partial charge on any atom is 0.338 e. The zero-order valence-electron chi connectivity index (χ0n) is 15.8. The van der Waals surface area contributed by atoms with E-state index >= 15 is 0 Å². The number of hydrogen-bond acceptors (Lipinski definition) is 5. The number of unbranched alkanes of at least 4 members (excludes halogenated alkanes) is 1. The lowest BCUT2D eigenvalue weighted by molar-refractivity contribution is -0.140. The lowest BCUT2D eigenvalue weighted by atomic mass is 10.1. The molecule has 1 aromatic carbocycles. The van der Waals surface area contributed by atoms with Crippen molar-refractivity contribution in [3.63, 3.8) is 0 Å². The first-order chi connectivity index (χ1) is 13.1. The van der Waals surface area contributed by atoms with Gasteiger partial charge in [0.15, 0.2) is 6.10 Å². The Labute approximate surface area is 163 Å². The number of rotatable bonds is 7. The summed E-state index contributed by atoms with van der Waals surface area (Å²) in [6.07, 6.45) is 2.12. The second-order valence-electron chi connectivity index (χ2n) is 6.65. The van der Waals surface area contributed by atoms with Crippen LogP contribution >= 0.6 is 11.3 Å². The molecule has 1 aromatic heterocycles. The Bertz CT molecular complexity index is 784. The minimum atomic E-state index is -0.807. The van der Waals surface area contributed by atoms with Crippen LogP contribution in [0.25, 0.3) is 0 Å². The summed E-state index contributed by atoms with van der Waals surface area (Å²) in [4.78, 5) is 28.1.